The van der Waals surface area contributed by atoms with Crippen molar-refractivity contribution in [2.45, 2.75) is 17.3 Å². The topological polar surface area (TPSA) is 34.1 Å². The van der Waals surface area contributed by atoms with E-state index >= 15 is 0 Å². The van der Waals surface area contributed by atoms with Crippen LogP contribution in [-0.2, 0) is 9.84 Å². The molecule has 0 amide bonds. The highest BCUT2D eigenvalue weighted by atomic mass is 35.5. The number of hydrogen-bond acceptors (Lipinski definition) is 2. The molecule has 0 N–H and O–H groups in total. The summed E-state index contributed by atoms with van der Waals surface area (Å²) in [5.74, 6) is 0. The molecule has 11 heavy (non-hydrogen) atoms. The molecule has 0 aliphatic rings. The molecule has 0 aliphatic heterocycles. The molecule has 7 heteroatoms. The maximum absolute atomic E-state index is 11.5. The van der Waals surface area contributed by atoms with E-state index in [4.69, 9.17) is 11.6 Å². The Kier molecular flexibility index (Phi) is 3.19. The van der Waals surface area contributed by atoms with Crippen LogP contribution in [0.3, 0.4) is 0 Å². The van der Waals surface area contributed by atoms with Crippen LogP contribution < -0.4 is 0 Å². The average molecular weight is 211 g/mol. The number of sulfone groups is 1. The second kappa shape index (κ2) is 3.18. The molecule has 0 aromatic carbocycles. The Morgan fingerprint density at radius 3 is 1.91 bits per heavy atom. The molecule has 2 nitrogen and oxygen atoms in total. The molecule has 0 aliphatic carbocycles. The highest BCUT2D eigenvalue weighted by Crippen LogP contribution is 2.26. The van der Waals surface area contributed by atoms with E-state index in [0.717, 1.165) is 0 Å². The van der Waals surface area contributed by atoms with E-state index in [2.05, 4.69) is 0 Å². The van der Waals surface area contributed by atoms with Crippen LogP contribution in [0.4, 0.5) is 13.2 Å². The Morgan fingerprint density at radius 2 is 1.82 bits per heavy atom. The van der Waals surface area contributed by atoms with Gasteiger partial charge in [-0.2, -0.15) is 13.2 Å². The van der Waals surface area contributed by atoms with Crippen LogP contribution in [0, 0.1) is 0 Å². The molecule has 0 aromatic heterocycles. The summed E-state index contributed by atoms with van der Waals surface area (Å²) in [5, 5.41) is 0. The van der Waals surface area contributed by atoms with Crippen molar-refractivity contribution in [3.8, 4) is 0 Å². The van der Waals surface area contributed by atoms with E-state index in [9.17, 15) is 21.6 Å². The van der Waals surface area contributed by atoms with Gasteiger partial charge in [0.25, 0.3) is 0 Å². The van der Waals surface area contributed by atoms with Crippen LogP contribution in [0.25, 0.3) is 0 Å². The minimum absolute atomic E-state index is 0.663. The van der Waals surface area contributed by atoms with Gasteiger partial charge in [0.1, 0.15) is 4.71 Å². The van der Waals surface area contributed by atoms with Gasteiger partial charge in [0.05, 0.1) is 6.42 Å². The fourth-order valence-electron chi connectivity index (χ4n) is 0.333. The van der Waals surface area contributed by atoms with Crippen LogP contribution in [-0.4, -0.2) is 25.6 Å². The van der Waals surface area contributed by atoms with E-state index in [0.29, 0.717) is 6.26 Å². The molecule has 68 valence electrons. The lowest BCUT2D eigenvalue weighted by Gasteiger charge is -2.09. The molecule has 0 spiro atoms. The zero-order valence-electron chi connectivity index (χ0n) is 5.52. The van der Waals surface area contributed by atoms with Gasteiger partial charge in [-0.25, -0.2) is 8.42 Å². The normalized spacial score (nSPS) is 16.5. The zero-order chi connectivity index (χ0) is 9.28. The lowest BCUT2D eigenvalue weighted by Crippen LogP contribution is -2.21. The van der Waals surface area contributed by atoms with Crippen molar-refractivity contribution in [2.24, 2.45) is 0 Å². The minimum Gasteiger partial charge on any atom is -0.228 e. The average Bonchev–Trinajstić information content (AvgIpc) is 1.56. The van der Waals surface area contributed by atoms with Crippen LogP contribution in [0.2, 0.25) is 0 Å². The number of hydrogen-bond donors (Lipinski definition) is 0. The molecule has 1 unspecified atom stereocenters. The molecule has 0 saturated carbocycles. The third kappa shape index (κ3) is 5.32. The van der Waals surface area contributed by atoms with Gasteiger partial charge in [-0.3, -0.25) is 0 Å². The third-order valence-corrected chi connectivity index (χ3v) is 3.08. The Labute approximate surface area is 67.3 Å². The van der Waals surface area contributed by atoms with Gasteiger partial charge in [0, 0.05) is 6.26 Å². The van der Waals surface area contributed by atoms with Crippen LogP contribution in [0.1, 0.15) is 6.42 Å². The summed E-state index contributed by atoms with van der Waals surface area (Å²) in [6.45, 7) is 0. The largest absolute Gasteiger partial charge is 0.391 e. The predicted octanol–water partition coefficient (Wildman–Crippen LogP) is 1.55. The van der Waals surface area contributed by atoms with Gasteiger partial charge in [0.2, 0.25) is 0 Å². The molecule has 0 aromatic rings. The van der Waals surface area contributed by atoms with Crippen LogP contribution >= 0.6 is 11.6 Å². The minimum atomic E-state index is -4.53. The van der Waals surface area contributed by atoms with Gasteiger partial charge in [-0.05, 0) is 0 Å². The Bertz CT molecular complexity index is 220. The lowest BCUT2D eigenvalue weighted by molar-refractivity contribution is -0.131. The molecule has 1 atom stereocenters. The van der Waals surface area contributed by atoms with Crippen molar-refractivity contribution in [1.29, 1.82) is 0 Å². The third-order valence-electron chi connectivity index (χ3n) is 0.857. The van der Waals surface area contributed by atoms with Crippen molar-refractivity contribution in [3.05, 3.63) is 0 Å². The van der Waals surface area contributed by atoms with Crippen molar-refractivity contribution in [3.63, 3.8) is 0 Å². The van der Waals surface area contributed by atoms with Crippen molar-refractivity contribution in [1.82, 2.24) is 0 Å². The van der Waals surface area contributed by atoms with E-state index in [1.54, 1.807) is 0 Å². The van der Waals surface area contributed by atoms with Gasteiger partial charge in [-0.15, -0.1) is 11.6 Å². The smallest absolute Gasteiger partial charge is 0.228 e. The Hall–Kier alpha value is 0.0300. The molecule has 0 rings (SSSR count). The Morgan fingerprint density at radius 1 is 1.45 bits per heavy atom. The van der Waals surface area contributed by atoms with Gasteiger partial charge < -0.3 is 0 Å². The standard InChI is InChI=1S/C4H6ClF3O2S/c1-11(9,10)3(5)2-4(6,7)8/h3H,2H2,1H3. The first-order valence-corrected chi connectivity index (χ1v) is 4.92. The molecule has 0 radical (unpaired) electrons. The van der Waals surface area contributed by atoms with E-state index in [-0.39, 0.29) is 0 Å². The first kappa shape index (κ1) is 11.0. The van der Waals surface area contributed by atoms with E-state index in [1.165, 1.54) is 0 Å². The molecular formula is C4H6ClF3O2S. The van der Waals surface area contributed by atoms with Gasteiger partial charge in [0.15, 0.2) is 9.84 Å². The van der Waals surface area contributed by atoms with Crippen LogP contribution in [0.15, 0.2) is 0 Å². The van der Waals surface area contributed by atoms with Gasteiger partial charge in [-0.1, -0.05) is 0 Å². The highest BCUT2D eigenvalue weighted by molar-refractivity contribution is 7.92. The van der Waals surface area contributed by atoms with E-state index < -0.39 is 27.1 Å². The fraction of sp³-hybridized carbons (Fsp3) is 1.00. The van der Waals surface area contributed by atoms with Crippen molar-refractivity contribution < 1.29 is 21.6 Å². The second-order valence-electron chi connectivity index (χ2n) is 2.06. The number of halogens is 4. The SMILES string of the molecule is CS(=O)(=O)C(Cl)CC(F)(F)F. The second-order valence-corrected chi connectivity index (χ2v) is 5.07. The van der Waals surface area contributed by atoms with Gasteiger partial charge >= 0.3 is 6.18 Å². The molecule has 0 bridgehead atoms. The molecule has 0 heterocycles. The summed E-state index contributed by atoms with van der Waals surface area (Å²) < 4.78 is 53.3. The number of alkyl halides is 4. The summed E-state index contributed by atoms with van der Waals surface area (Å²) in [5.41, 5.74) is 0. The molecular weight excluding hydrogens is 205 g/mol. The predicted molar refractivity (Wildman–Crippen MR) is 35.2 cm³/mol. The summed E-state index contributed by atoms with van der Waals surface area (Å²) >= 11 is 4.93. The maximum atomic E-state index is 11.5. The molecule has 0 fully saturated rings. The fourth-order valence-corrected chi connectivity index (χ4v) is 1.00. The summed E-state index contributed by atoms with van der Waals surface area (Å²) in [7, 11) is -3.79. The summed E-state index contributed by atoms with van der Waals surface area (Å²) in [4.78, 5) is 0. The number of rotatable bonds is 2. The monoisotopic (exact) mass is 210 g/mol. The molecule has 0 saturated heterocycles. The summed E-state index contributed by atoms with van der Waals surface area (Å²) in [6.07, 6.45) is -5.38. The quantitative estimate of drug-likeness (QED) is 0.648. The van der Waals surface area contributed by atoms with E-state index in [1.807, 2.05) is 0 Å². The first-order chi connectivity index (χ1) is 4.63. The highest BCUT2D eigenvalue weighted by Gasteiger charge is 2.35. The van der Waals surface area contributed by atoms with Crippen molar-refractivity contribution in [2.75, 3.05) is 6.26 Å². The first-order valence-electron chi connectivity index (χ1n) is 2.52. The van der Waals surface area contributed by atoms with Crippen LogP contribution in [0.5, 0.6) is 0 Å². The zero-order valence-corrected chi connectivity index (χ0v) is 7.09. The Balaban J connectivity index is 4.22. The summed E-state index contributed by atoms with van der Waals surface area (Å²) in [6, 6.07) is 0. The maximum Gasteiger partial charge on any atom is 0.391 e. The van der Waals surface area contributed by atoms with Crippen molar-refractivity contribution >= 4 is 21.4 Å². The lowest BCUT2D eigenvalue weighted by atomic mass is 10.5.